The highest BCUT2D eigenvalue weighted by molar-refractivity contribution is 6.24. The number of amides is 2. The fraction of sp³-hybridized carbons (Fsp3) is 0.357. The van der Waals surface area contributed by atoms with Crippen LogP contribution in [0.15, 0.2) is 18.2 Å². The molecule has 1 aromatic rings. The smallest absolute Gasteiger partial charge is 0.282 e. The molecule has 0 saturated heterocycles. The van der Waals surface area contributed by atoms with E-state index in [1.54, 1.807) is 6.92 Å². The summed E-state index contributed by atoms with van der Waals surface area (Å²) in [7, 11) is 0. The first kappa shape index (κ1) is 14.8. The van der Waals surface area contributed by atoms with Gasteiger partial charge < -0.3 is 0 Å². The molecule has 1 atom stereocenters. The number of fused-ring (bicyclic) bond motifs is 1. The van der Waals surface area contributed by atoms with Crippen molar-refractivity contribution in [2.24, 2.45) is 5.92 Å². The van der Waals surface area contributed by atoms with E-state index >= 15 is 0 Å². The van der Waals surface area contributed by atoms with Crippen LogP contribution < -0.4 is 0 Å². The molecular formula is C14H14N2O5. The van der Waals surface area contributed by atoms with E-state index < -0.39 is 22.4 Å². The van der Waals surface area contributed by atoms with Gasteiger partial charge >= 0.3 is 0 Å². The fourth-order valence-corrected chi connectivity index (χ4v) is 2.15. The van der Waals surface area contributed by atoms with Crippen molar-refractivity contribution in [1.82, 2.24) is 4.90 Å². The lowest BCUT2D eigenvalue weighted by molar-refractivity contribution is -0.385. The molecule has 0 spiro atoms. The second-order valence-corrected chi connectivity index (χ2v) is 4.93. The molecule has 0 fully saturated rings. The first-order valence-electron chi connectivity index (χ1n) is 6.54. The summed E-state index contributed by atoms with van der Waals surface area (Å²) in [6, 6.07) is 3.88. The Bertz CT molecular complexity index is 653. The molecule has 1 heterocycles. The zero-order valence-electron chi connectivity index (χ0n) is 11.7. The number of imide groups is 1. The summed E-state index contributed by atoms with van der Waals surface area (Å²) < 4.78 is 0. The van der Waals surface area contributed by atoms with Gasteiger partial charge in [-0.25, -0.2) is 0 Å². The first-order chi connectivity index (χ1) is 9.88. The van der Waals surface area contributed by atoms with Crippen molar-refractivity contribution in [2.45, 2.75) is 20.3 Å². The molecule has 0 N–H and O–H groups in total. The summed E-state index contributed by atoms with van der Waals surface area (Å²) in [5.74, 6) is -1.95. The van der Waals surface area contributed by atoms with Crippen molar-refractivity contribution < 1.29 is 19.3 Å². The van der Waals surface area contributed by atoms with Crippen LogP contribution in [-0.4, -0.2) is 34.0 Å². The van der Waals surface area contributed by atoms with Crippen molar-refractivity contribution in [2.75, 3.05) is 6.54 Å². The Labute approximate surface area is 120 Å². The Hall–Kier alpha value is -2.57. The molecular weight excluding hydrogens is 276 g/mol. The number of hydrogen-bond acceptors (Lipinski definition) is 5. The SMILES string of the molecule is CCC(C)C(=O)CN1C(=O)c2cccc([N+](=O)[O-])c2C1=O. The van der Waals surface area contributed by atoms with E-state index in [1.165, 1.54) is 18.2 Å². The maximum Gasteiger partial charge on any atom is 0.282 e. The molecule has 7 nitrogen and oxygen atoms in total. The number of ketones is 1. The molecule has 0 aromatic heterocycles. The van der Waals surface area contributed by atoms with Gasteiger partial charge in [0.05, 0.1) is 17.0 Å². The minimum Gasteiger partial charge on any atom is -0.297 e. The van der Waals surface area contributed by atoms with Crippen LogP contribution in [0.5, 0.6) is 0 Å². The highest BCUT2D eigenvalue weighted by Crippen LogP contribution is 2.30. The third kappa shape index (κ3) is 2.42. The molecule has 110 valence electrons. The van der Waals surface area contributed by atoms with Gasteiger partial charge in [-0.2, -0.15) is 0 Å². The number of nitro benzene ring substituents is 1. The summed E-state index contributed by atoms with van der Waals surface area (Å²) in [4.78, 5) is 47.3. The van der Waals surface area contributed by atoms with Crippen molar-refractivity contribution in [1.29, 1.82) is 0 Å². The first-order valence-corrected chi connectivity index (χ1v) is 6.54. The molecule has 0 aliphatic carbocycles. The van der Waals surface area contributed by atoms with Gasteiger partial charge in [0, 0.05) is 12.0 Å². The molecule has 0 bridgehead atoms. The fourth-order valence-electron chi connectivity index (χ4n) is 2.15. The van der Waals surface area contributed by atoms with Gasteiger partial charge in [0.2, 0.25) is 0 Å². The number of carbonyl (C=O) groups is 3. The van der Waals surface area contributed by atoms with Gasteiger partial charge in [0.15, 0.2) is 5.78 Å². The largest absolute Gasteiger partial charge is 0.297 e. The van der Waals surface area contributed by atoms with Crippen LogP contribution in [0.4, 0.5) is 5.69 Å². The lowest BCUT2D eigenvalue weighted by Gasteiger charge is -2.15. The van der Waals surface area contributed by atoms with Crippen LogP contribution in [-0.2, 0) is 4.79 Å². The predicted molar refractivity (Wildman–Crippen MR) is 72.9 cm³/mol. The third-order valence-electron chi connectivity index (χ3n) is 3.65. The van der Waals surface area contributed by atoms with Gasteiger partial charge in [-0.3, -0.25) is 29.4 Å². The predicted octanol–water partition coefficient (Wildman–Crippen LogP) is 1.81. The van der Waals surface area contributed by atoms with Crippen molar-refractivity contribution in [3.05, 3.63) is 39.4 Å². The summed E-state index contributed by atoms with van der Waals surface area (Å²) >= 11 is 0. The minimum absolute atomic E-state index is 0.0221. The van der Waals surface area contributed by atoms with E-state index in [4.69, 9.17) is 0 Å². The van der Waals surface area contributed by atoms with E-state index in [2.05, 4.69) is 0 Å². The number of rotatable bonds is 5. The lowest BCUT2D eigenvalue weighted by atomic mass is 10.0. The summed E-state index contributed by atoms with van der Waals surface area (Å²) in [5.41, 5.74) is -0.667. The van der Waals surface area contributed by atoms with Gasteiger partial charge in [-0.05, 0) is 12.5 Å². The number of benzene rings is 1. The van der Waals surface area contributed by atoms with Gasteiger partial charge in [-0.15, -0.1) is 0 Å². The monoisotopic (exact) mass is 290 g/mol. The summed E-state index contributed by atoms with van der Waals surface area (Å²) in [6.45, 7) is 3.19. The Balaban J connectivity index is 2.37. The van der Waals surface area contributed by atoms with Crippen LogP contribution in [0, 0.1) is 16.0 Å². The number of carbonyl (C=O) groups excluding carboxylic acids is 3. The van der Waals surface area contributed by atoms with E-state index in [0.29, 0.717) is 6.42 Å². The van der Waals surface area contributed by atoms with Gasteiger partial charge in [0.25, 0.3) is 17.5 Å². The highest BCUT2D eigenvalue weighted by atomic mass is 16.6. The van der Waals surface area contributed by atoms with Crippen LogP contribution in [0.3, 0.4) is 0 Å². The van der Waals surface area contributed by atoms with E-state index in [1.807, 2.05) is 6.92 Å². The molecule has 1 aliphatic rings. The standard InChI is InChI=1S/C14H14N2O5/c1-3-8(2)11(17)7-15-13(18)9-5-4-6-10(16(20)21)12(9)14(15)19/h4-6,8H,3,7H2,1-2H3. The topological polar surface area (TPSA) is 97.6 Å². The lowest BCUT2D eigenvalue weighted by Crippen LogP contribution is -2.36. The number of Topliss-reactive ketones (excluding diaryl/α,β-unsaturated/α-hetero) is 1. The Morgan fingerprint density at radius 2 is 2.00 bits per heavy atom. The van der Waals surface area contributed by atoms with Crippen LogP contribution in [0.1, 0.15) is 41.0 Å². The minimum atomic E-state index is -0.779. The highest BCUT2D eigenvalue weighted by Gasteiger charge is 2.41. The van der Waals surface area contributed by atoms with Crippen molar-refractivity contribution in [3.8, 4) is 0 Å². The normalized spacial score (nSPS) is 15.0. The zero-order chi connectivity index (χ0) is 15.7. The van der Waals surface area contributed by atoms with Crippen LogP contribution in [0.2, 0.25) is 0 Å². The van der Waals surface area contributed by atoms with Gasteiger partial charge in [-0.1, -0.05) is 19.9 Å². The van der Waals surface area contributed by atoms with E-state index in [0.717, 1.165) is 4.90 Å². The average Bonchev–Trinajstić information content (AvgIpc) is 2.71. The zero-order valence-corrected chi connectivity index (χ0v) is 11.7. The Morgan fingerprint density at radius 3 is 2.57 bits per heavy atom. The van der Waals surface area contributed by atoms with E-state index in [9.17, 15) is 24.5 Å². The van der Waals surface area contributed by atoms with Gasteiger partial charge in [0.1, 0.15) is 5.56 Å². The molecule has 2 rings (SSSR count). The van der Waals surface area contributed by atoms with Crippen molar-refractivity contribution in [3.63, 3.8) is 0 Å². The van der Waals surface area contributed by atoms with Crippen LogP contribution in [0.25, 0.3) is 0 Å². The molecule has 7 heteroatoms. The molecule has 1 unspecified atom stereocenters. The second kappa shape index (κ2) is 5.43. The second-order valence-electron chi connectivity index (χ2n) is 4.93. The molecule has 0 radical (unpaired) electrons. The summed E-state index contributed by atoms with van der Waals surface area (Å²) in [6.07, 6.45) is 0.599. The Kier molecular flexibility index (Phi) is 3.84. The molecule has 1 aliphatic heterocycles. The third-order valence-corrected chi connectivity index (χ3v) is 3.65. The number of hydrogen-bond donors (Lipinski definition) is 0. The van der Waals surface area contributed by atoms with Crippen molar-refractivity contribution >= 4 is 23.3 Å². The quantitative estimate of drug-likeness (QED) is 0.468. The number of nitrogens with zero attached hydrogens (tertiary/aromatic N) is 2. The Morgan fingerprint density at radius 1 is 1.33 bits per heavy atom. The van der Waals surface area contributed by atoms with Crippen LogP contribution >= 0.6 is 0 Å². The molecule has 21 heavy (non-hydrogen) atoms. The maximum absolute atomic E-state index is 12.2. The molecule has 0 saturated carbocycles. The summed E-state index contributed by atoms with van der Waals surface area (Å²) in [5, 5.41) is 11.0. The molecule has 2 amide bonds. The maximum atomic E-state index is 12.2. The number of nitro groups is 1. The molecule has 1 aromatic carbocycles. The average molecular weight is 290 g/mol. The van der Waals surface area contributed by atoms with E-state index in [-0.39, 0.29) is 29.4 Å².